The van der Waals surface area contributed by atoms with Crippen molar-refractivity contribution in [3.63, 3.8) is 0 Å². The number of nitrogens with one attached hydrogen (secondary N) is 1. The molecule has 194 valence electrons. The third-order valence-electron chi connectivity index (χ3n) is 5.59. The largest absolute Gasteiger partial charge is 0.497 e. The van der Waals surface area contributed by atoms with Crippen molar-refractivity contribution in [1.82, 2.24) is 9.97 Å². The Balaban J connectivity index is 1.70. The van der Waals surface area contributed by atoms with Gasteiger partial charge in [-0.3, -0.25) is 4.98 Å². The van der Waals surface area contributed by atoms with Gasteiger partial charge in [-0.2, -0.15) is 0 Å². The van der Waals surface area contributed by atoms with Crippen LogP contribution in [0.3, 0.4) is 0 Å². The smallest absolute Gasteiger partial charge is 0.269 e. The number of methoxy groups -OCH3 is 2. The molecule has 37 heavy (non-hydrogen) atoms. The van der Waals surface area contributed by atoms with Crippen LogP contribution in [-0.2, 0) is 16.6 Å². The van der Waals surface area contributed by atoms with E-state index in [1.807, 2.05) is 13.0 Å². The fourth-order valence-corrected chi connectivity index (χ4v) is 6.26. The molecule has 2 heterocycles. The predicted molar refractivity (Wildman–Crippen MR) is 143 cm³/mol. The van der Waals surface area contributed by atoms with Crippen LogP contribution in [0.5, 0.6) is 11.5 Å². The highest BCUT2D eigenvalue weighted by molar-refractivity contribution is 7.93. The number of aromatic nitrogens is 2. The first-order valence-corrected chi connectivity index (χ1v) is 13.7. The van der Waals surface area contributed by atoms with Gasteiger partial charge in [-0.05, 0) is 42.8 Å². The summed E-state index contributed by atoms with van der Waals surface area (Å²) in [4.78, 5) is 7.67. The summed E-state index contributed by atoms with van der Waals surface area (Å²) in [5.74, 6) is 0.0118. The maximum Gasteiger partial charge on any atom is 0.269 e. The van der Waals surface area contributed by atoms with E-state index in [1.54, 1.807) is 42.0 Å². The number of benzene rings is 2. The number of ether oxygens (including phenoxy) is 2. The van der Waals surface area contributed by atoms with Gasteiger partial charge in [0.1, 0.15) is 22.2 Å². The monoisotopic (exact) mass is 562 g/mol. The molecule has 0 spiro atoms. The lowest BCUT2D eigenvalue weighted by molar-refractivity contribution is 0.391. The van der Waals surface area contributed by atoms with Gasteiger partial charge in [0, 0.05) is 35.6 Å². The maximum atomic E-state index is 15.4. The van der Waals surface area contributed by atoms with Crippen LogP contribution in [0.4, 0.5) is 15.2 Å². The number of nitrogens with zero attached hydrogens (tertiary/aromatic N) is 3. The van der Waals surface area contributed by atoms with E-state index in [0.717, 1.165) is 33.3 Å². The Morgan fingerprint density at radius 1 is 1.16 bits per heavy atom. The molecule has 0 amide bonds. The Bertz CT molecular complexity index is 1470. The standard InChI is InChI=1S/C25H24ClFN4O4S2/c1-16(17-5-4-8-28-14-17)30-22-13-21(27)24(12-20(22)26)37(32,33)31(25-29-9-10-36-25)15-18-6-7-19(34-2)11-23(18)35-3/h4-14,16,30H,15H2,1-3H3/t16-/m0/s1. The molecule has 0 fully saturated rings. The van der Waals surface area contributed by atoms with E-state index in [0.29, 0.717) is 17.1 Å². The van der Waals surface area contributed by atoms with Gasteiger partial charge in [-0.15, -0.1) is 11.3 Å². The van der Waals surface area contributed by atoms with Gasteiger partial charge in [-0.1, -0.05) is 17.7 Å². The van der Waals surface area contributed by atoms with Gasteiger partial charge in [0.05, 0.1) is 37.5 Å². The summed E-state index contributed by atoms with van der Waals surface area (Å²) in [5.41, 5.74) is 1.66. The number of thiazole rings is 1. The Kier molecular flexibility index (Phi) is 8.16. The molecule has 4 rings (SSSR count). The zero-order chi connectivity index (χ0) is 26.6. The van der Waals surface area contributed by atoms with Crippen molar-refractivity contribution in [2.24, 2.45) is 0 Å². The Labute approximate surface area is 223 Å². The second-order valence-electron chi connectivity index (χ2n) is 7.92. The van der Waals surface area contributed by atoms with Gasteiger partial charge in [-0.25, -0.2) is 22.1 Å². The molecule has 0 saturated heterocycles. The van der Waals surface area contributed by atoms with E-state index in [1.165, 1.54) is 20.4 Å². The first-order valence-electron chi connectivity index (χ1n) is 11.0. The fraction of sp³-hybridized carbons (Fsp3) is 0.200. The topological polar surface area (TPSA) is 93.7 Å². The third kappa shape index (κ3) is 5.79. The van der Waals surface area contributed by atoms with E-state index in [2.05, 4.69) is 15.3 Å². The van der Waals surface area contributed by atoms with E-state index < -0.39 is 20.7 Å². The van der Waals surface area contributed by atoms with E-state index in [-0.39, 0.29) is 28.4 Å². The number of sulfonamides is 1. The van der Waals surface area contributed by atoms with Crippen LogP contribution >= 0.6 is 22.9 Å². The molecule has 0 aliphatic rings. The minimum absolute atomic E-state index is 0.0526. The summed E-state index contributed by atoms with van der Waals surface area (Å²) in [6.45, 7) is 1.71. The maximum absolute atomic E-state index is 15.4. The van der Waals surface area contributed by atoms with Crippen LogP contribution in [0.15, 0.2) is 71.3 Å². The minimum Gasteiger partial charge on any atom is -0.497 e. The van der Waals surface area contributed by atoms with Crippen LogP contribution < -0.4 is 19.1 Å². The average Bonchev–Trinajstić information content (AvgIpc) is 3.43. The van der Waals surface area contributed by atoms with Crippen LogP contribution in [0, 0.1) is 5.82 Å². The molecule has 1 N–H and O–H groups in total. The van der Waals surface area contributed by atoms with Crippen LogP contribution in [0.25, 0.3) is 0 Å². The molecule has 0 radical (unpaired) electrons. The number of rotatable bonds is 10. The molecule has 0 saturated carbocycles. The summed E-state index contributed by atoms with van der Waals surface area (Å²) < 4.78 is 54.6. The van der Waals surface area contributed by atoms with Crippen molar-refractivity contribution in [3.05, 3.63) is 88.4 Å². The molecule has 8 nitrogen and oxygen atoms in total. The molecular weight excluding hydrogens is 539 g/mol. The molecule has 4 aromatic rings. The Morgan fingerprint density at radius 3 is 2.62 bits per heavy atom. The molecule has 12 heteroatoms. The van der Waals surface area contributed by atoms with Gasteiger partial charge >= 0.3 is 0 Å². The van der Waals surface area contributed by atoms with E-state index in [9.17, 15) is 8.42 Å². The fourth-order valence-electron chi connectivity index (χ4n) is 3.64. The number of pyridine rings is 1. The highest BCUT2D eigenvalue weighted by atomic mass is 35.5. The second kappa shape index (κ2) is 11.3. The lowest BCUT2D eigenvalue weighted by Crippen LogP contribution is -2.31. The highest BCUT2D eigenvalue weighted by Crippen LogP contribution is 2.36. The third-order valence-corrected chi connectivity index (χ3v) is 8.56. The molecular formula is C25H24ClFN4O4S2. The summed E-state index contributed by atoms with van der Waals surface area (Å²) >= 11 is 7.54. The summed E-state index contributed by atoms with van der Waals surface area (Å²) in [7, 11) is -1.43. The highest BCUT2D eigenvalue weighted by Gasteiger charge is 2.32. The van der Waals surface area contributed by atoms with Gasteiger partial charge < -0.3 is 14.8 Å². The quantitative estimate of drug-likeness (QED) is 0.256. The molecule has 0 bridgehead atoms. The molecule has 0 aliphatic heterocycles. The van der Waals surface area contributed by atoms with Crippen molar-refractivity contribution < 1.29 is 22.3 Å². The second-order valence-corrected chi connectivity index (χ2v) is 11.0. The molecule has 2 aromatic carbocycles. The number of hydrogen-bond acceptors (Lipinski definition) is 8. The van der Waals surface area contributed by atoms with Crippen molar-refractivity contribution in [3.8, 4) is 11.5 Å². The first-order chi connectivity index (χ1) is 17.7. The Morgan fingerprint density at radius 2 is 1.97 bits per heavy atom. The summed E-state index contributed by atoms with van der Waals surface area (Å²) in [6, 6.07) is 10.6. The zero-order valence-corrected chi connectivity index (χ0v) is 22.6. The van der Waals surface area contributed by atoms with Gasteiger partial charge in [0.15, 0.2) is 5.13 Å². The minimum atomic E-state index is -4.42. The lowest BCUT2D eigenvalue weighted by atomic mass is 10.1. The first kappa shape index (κ1) is 26.6. The van der Waals surface area contributed by atoms with Crippen molar-refractivity contribution in [2.75, 3.05) is 23.8 Å². The number of anilines is 2. The van der Waals surface area contributed by atoms with E-state index >= 15 is 4.39 Å². The lowest BCUT2D eigenvalue weighted by Gasteiger charge is -2.24. The molecule has 0 aliphatic carbocycles. The van der Waals surface area contributed by atoms with Crippen molar-refractivity contribution in [2.45, 2.75) is 24.4 Å². The predicted octanol–water partition coefficient (Wildman–Crippen LogP) is 5.92. The van der Waals surface area contributed by atoms with Gasteiger partial charge in [0.2, 0.25) is 0 Å². The molecule has 1 atom stereocenters. The molecule has 0 unspecified atom stereocenters. The summed E-state index contributed by atoms with van der Waals surface area (Å²) in [5, 5.41) is 4.97. The SMILES string of the molecule is COc1ccc(CN(c2nccs2)S(=O)(=O)c2cc(Cl)c(N[C@@H](C)c3cccnc3)cc2F)c(OC)c1. The molecule has 2 aromatic heterocycles. The van der Waals surface area contributed by atoms with Gasteiger partial charge in [0.25, 0.3) is 10.0 Å². The average molecular weight is 563 g/mol. The van der Waals surface area contributed by atoms with Crippen molar-refractivity contribution >= 4 is 43.8 Å². The Hall–Kier alpha value is -3.41. The van der Waals surface area contributed by atoms with Crippen LogP contribution in [-0.4, -0.2) is 32.6 Å². The summed E-state index contributed by atoms with van der Waals surface area (Å²) in [6.07, 6.45) is 4.81. The zero-order valence-electron chi connectivity index (χ0n) is 20.2. The van der Waals surface area contributed by atoms with Crippen molar-refractivity contribution in [1.29, 1.82) is 0 Å². The van der Waals surface area contributed by atoms with Crippen LogP contribution in [0.1, 0.15) is 24.1 Å². The number of halogens is 2. The number of hydrogen-bond donors (Lipinski definition) is 1. The van der Waals surface area contributed by atoms with Crippen LogP contribution in [0.2, 0.25) is 5.02 Å². The van der Waals surface area contributed by atoms with E-state index in [4.69, 9.17) is 21.1 Å². The normalized spacial score (nSPS) is 12.1.